The summed E-state index contributed by atoms with van der Waals surface area (Å²) >= 11 is 3.08. The van der Waals surface area contributed by atoms with E-state index in [2.05, 4.69) is 15.9 Å². The number of rotatable bonds is 2. The molecule has 0 heterocycles. The van der Waals surface area contributed by atoms with Crippen LogP contribution in [0.4, 0.5) is 0 Å². The van der Waals surface area contributed by atoms with Crippen molar-refractivity contribution in [3.05, 3.63) is 32.1 Å². The summed E-state index contributed by atoms with van der Waals surface area (Å²) in [5.74, 6) is -0.641. The van der Waals surface area contributed by atoms with Crippen LogP contribution in [0, 0.1) is 16.0 Å². The highest BCUT2D eigenvalue weighted by Crippen LogP contribution is 2.29. The Kier molecular flexibility index (Phi) is 3.87. The molecule has 0 aliphatic heterocycles. The van der Waals surface area contributed by atoms with E-state index in [1.807, 2.05) is 0 Å². The third kappa shape index (κ3) is 2.17. The van der Waals surface area contributed by atoms with Crippen LogP contribution < -0.4 is 5.73 Å². The third-order valence-electron chi connectivity index (χ3n) is 2.27. The molecule has 0 spiro atoms. The average molecular weight is 309 g/mol. The number of allylic oxidation sites excluding steroid dienone is 4. The number of hydrogen-bond acceptors (Lipinski definition) is 5. The number of hydrogen-bond donors (Lipinski definition) is 1. The number of nitrogens with two attached hydrogens (primary N) is 1. The molecular formula is C8H9BrN2O4S. The molecule has 0 saturated heterocycles. The van der Waals surface area contributed by atoms with Crippen LogP contribution >= 0.6 is 15.9 Å². The summed E-state index contributed by atoms with van der Waals surface area (Å²) in [7, 11) is -2.65. The van der Waals surface area contributed by atoms with Gasteiger partial charge in [-0.2, -0.15) is 8.42 Å². The van der Waals surface area contributed by atoms with E-state index < -0.39 is 26.8 Å². The Morgan fingerprint density at radius 3 is 2.56 bits per heavy atom. The molecular weight excluding hydrogens is 300 g/mol. The van der Waals surface area contributed by atoms with Crippen LogP contribution in [-0.2, 0) is 10.3 Å². The molecule has 1 rings (SSSR count). The van der Waals surface area contributed by atoms with E-state index in [9.17, 15) is 18.5 Å². The Balaban J connectivity index is 3.55. The van der Waals surface area contributed by atoms with Crippen molar-refractivity contribution >= 4 is 31.1 Å². The van der Waals surface area contributed by atoms with Gasteiger partial charge in [0.2, 0.25) is 10.3 Å². The van der Waals surface area contributed by atoms with Gasteiger partial charge in [0.15, 0.2) is 4.86 Å². The summed E-state index contributed by atoms with van der Waals surface area (Å²) in [6.45, 7) is 1.72. The van der Waals surface area contributed by atoms with Crippen molar-refractivity contribution in [1.82, 2.24) is 0 Å². The maximum atomic E-state index is 11.0. The zero-order valence-corrected chi connectivity index (χ0v) is 10.7. The first-order chi connectivity index (χ1) is 7.40. The van der Waals surface area contributed by atoms with Gasteiger partial charge in [-0.1, -0.05) is 6.92 Å². The van der Waals surface area contributed by atoms with Gasteiger partial charge in [-0.15, -0.1) is 0 Å². The summed E-state index contributed by atoms with van der Waals surface area (Å²) in [6.07, 6.45) is 1.50. The molecule has 0 saturated carbocycles. The SMILES string of the molecule is CCC1C(N)=C(Br)C=C([N+](=O)[O-])C1=S(=O)=O. The lowest BCUT2D eigenvalue weighted by molar-refractivity contribution is -0.415. The fraction of sp³-hybridized carbons (Fsp3) is 0.375. The van der Waals surface area contributed by atoms with E-state index in [-0.39, 0.29) is 4.86 Å². The molecule has 16 heavy (non-hydrogen) atoms. The minimum Gasteiger partial charge on any atom is -0.401 e. The van der Waals surface area contributed by atoms with E-state index in [1.165, 1.54) is 0 Å². The van der Waals surface area contributed by atoms with Gasteiger partial charge in [-0.25, -0.2) is 0 Å². The van der Waals surface area contributed by atoms with Crippen LogP contribution in [0.5, 0.6) is 0 Å². The maximum absolute atomic E-state index is 11.0. The van der Waals surface area contributed by atoms with E-state index in [1.54, 1.807) is 6.92 Å². The topological polar surface area (TPSA) is 103 Å². The number of nitro groups is 1. The van der Waals surface area contributed by atoms with Gasteiger partial charge in [0, 0.05) is 22.2 Å². The Morgan fingerprint density at radius 1 is 1.62 bits per heavy atom. The average Bonchev–Trinajstić information content (AvgIpc) is 2.20. The fourth-order valence-corrected chi connectivity index (χ4v) is 2.83. The molecule has 0 fully saturated rings. The Labute approximate surface area is 102 Å². The highest BCUT2D eigenvalue weighted by Gasteiger charge is 2.34. The van der Waals surface area contributed by atoms with Crippen LogP contribution in [0.25, 0.3) is 0 Å². The molecule has 0 aromatic carbocycles. The highest BCUT2D eigenvalue weighted by molar-refractivity contribution is 9.11. The van der Waals surface area contributed by atoms with Gasteiger partial charge in [0.05, 0.1) is 4.92 Å². The minimum atomic E-state index is -2.65. The predicted octanol–water partition coefficient (Wildman–Crippen LogP) is 0.804. The van der Waals surface area contributed by atoms with Crippen LogP contribution in [-0.4, -0.2) is 18.2 Å². The normalized spacial score (nSPS) is 20.8. The van der Waals surface area contributed by atoms with Gasteiger partial charge in [-0.3, -0.25) is 10.1 Å². The quantitative estimate of drug-likeness (QED) is 0.462. The summed E-state index contributed by atoms with van der Waals surface area (Å²) in [4.78, 5) is 9.76. The molecule has 2 N–H and O–H groups in total. The predicted molar refractivity (Wildman–Crippen MR) is 62.9 cm³/mol. The first-order valence-electron chi connectivity index (χ1n) is 4.37. The molecule has 0 radical (unpaired) electrons. The summed E-state index contributed by atoms with van der Waals surface area (Å²) in [5.41, 5.74) is 5.56. The zero-order chi connectivity index (χ0) is 12.5. The Morgan fingerprint density at radius 2 is 2.19 bits per heavy atom. The summed E-state index contributed by atoms with van der Waals surface area (Å²) in [5, 5.41) is 10.7. The molecule has 1 aliphatic carbocycles. The zero-order valence-electron chi connectivity index (χ0n) is 8.31. The first kappa shape index (κ1) is 12.9. The Bertz CT molecular complexity index is 524. The van der Waals surface area contributed by atoms with Gasteiger partial charge in [0.25, 0.3) is 5.70 Å². The van der Waals surface area contributed by atoms with Crippen LogP contribution in [0.1, 0.15) is 13.3 Å². The Hall–Kier alpha value is -1.15. The minimum absolute atomic E-state index is 0.256. The monoisotopic (exact) mass is 308 g/mol. The van der Waals surface area contributed by atoms with E-state index >= 15 is 0 Å². The molecule has 0 aromatic rings. The van der Waals surface area contributed by atoms with Crippen molar-refractivity contribution in [2.45, 2.75) is 13.3 Å². The second kappa shape index (κ2) is 4.79. The van der Waals surface area contributed by atoms with Crippen LogP contribution in [0.3, 0.4) is 0 Å². The van der Waals surface area contributed by atoms with Crippen molar-refractivity contribution < 1.29 is 13.3 Å². The lowest BCUT2D eigenvalue weighted by Gasteiger charge is -2.19. The van der Waals surface area contributed by atoms with E-state index in [0.717, 1.165) is 6.08 Å². The number of nitrogens with zero attached hydrogens (tertiary/aromatic N) is 1. The molecule has 1 aliphatic rings. The first-order valence-corrected chi connectivity index (χ1v) is 6.24. The van der Waals surface area contributed by atoms with E-state index in [0.29, 0.717) is 16.6 Å². The maximum Gasteiger partial charge on any atom is 0.289 e. The second-order valence-electron chi connectivity index (χ2n) is 3.15. The van der Waals surface area contributed by atoms with Crippen LogP contribution in [0.15, 0.2) is 22.0 Å². The van der Waals surface area contributed by atoms with Gasteiger partial charge in [-0.05, 0) is 22.4 Å². The number of halogens is 1. The molecule has 88 valence electrons. The van der Waals surface area contributed by atoms with Gasteiger partial charge >= 0.3 is 0 Å². The van der Waals surface area contributed by atoms with Crippen molar-refractivity contribution in [2.75, 3.05) is 0 Å². The molecule has 1 unspecified atom stereocenters. The molecule has 1 atom stereocenters. The standard InChI is InChI=1S/C8H9BrN2O4S/c1-2-4-7(10)5(9)3-6(11(12)13)8(4)16(14)15/h3-4H,2,10H2,1H3. The lowest BCUT2D eigenvalue weighted by Crippen LogP contribution is -2.30. The van der Waals surface area contributed by atoms with Crippen molar-refractivity contribution in [3.8, 4) is 0 Å². The van der Waals surface area contributed by atoms with Crippen LogP contribution in [0.2, 0.25) is 0 Å². The lowest BCUT2D eigenvalue weighted by atomic mass is 9.92. The summed E-state index contributed by atoms with van der Waals surface area (Å²) < 4.78 is 22.4. The van der Waals surface area contributed by atoms with Crippen molar-refractivity contribution in [1.29, 1.82) is 0 Å². The van der Waals surface area contributed by atoms with Crippen molar-refractivity contribution in [3.63, 3.8) is 0 Å². The second-order valence-corrected chi connectivity index (χ2v) is 4.91. The van der Waals surface area contributed by atoms with Gasteiger partial charge < -0.3 is 5.73 Å². The molecule has 6 nitrogen and oxygen atoms in total. The van der Waals surface area contributed by atoms with Gasteiger partial charge in [0.1, 0.15) is 0 Å². The fourth-order valence-electron chi connectivity index (χ4n) is 1.51. The molecule has 8 heteroatoms. The largest absolute Gasteiger partial charge is 0.401 e. The van der Waals surface area contributed by atoms with Crippen molar-refractivity contribution in [2.24, 2.45) is 11.7 Å². The van der Waals surface area contributed by atoms with E-state index in [4.69, 9.17) is 5.73 Å². The summed E-state index contributed by atoms with van der Waals surface area (Å²) in [6, 6.07) is 0. The third-order valence-corrected chi connectivity index (χ3v) is 3.81. The molecule has 0 aromatic heterocycles. The highest BCUT2D eigenvalue weighted by atomic mass is 79.9. The molecule has 0 amide bonds. The molecule has 0 bridgehead atoms. The smallest absolute Gasteiger partial charge is 0.289 e.